The van der Waals surface area contributed by atoms with Crippen LogP contribution in [0.25, 0.3) is 0 Å². The highest BCUT2D eigenvalue weighted by molar-refractivity contribution is 9.10. The van der Waals surface area contributed by atoms with Gasteiger partial charge in [0.25, 0.3) is 5.91 Å². The molecule has 0 unspecified atom stereocenters. The molecule has 2 aliphatic heterocycles. The van der Waals surface area contributed by atoms with Crippen molar-refractivity contribution in [3.63, 3.8) is 0 Å². The molecule has 2 heterocycles. The van der Waals surface area contributed by atoms with Crippen molar-refractivity contribution < 1.29 is 13.2 Å². The normalized spacial score (nSPS) is 18.6. The summed E-state index contributed by atoms with van der Waals surface area (Å²) in [6.07, 6.45) is 4.36. The standard InChI is InChI=1S/C20H19BrN2O3S/c21-15-7-6-8-16(13-15)23-14-19(20(24)22-11-4-1-5-12-22)27(25,26)18-10-3-2-9-17(18)23/h2-3,6-10,13-14H,1,4-5,11-12H2. The van der Waals surface area contributed by atoms with E-state index < -0.39 is 15.7 Å². The molecule has 1 fully saturated rings. The highest BCUT2D eigenvalue weighted by atomic mass is 79.9. The molecule has 1 amide bonds. The molecule has 0 atom stereocenters. The molecule has 0 radical (unpaired) electrons. The average molecular weight is 447 g/mol. The summed E-state index contributed by atoms with van der Waals surface area (Å²) in [7, 11) is -3.87. The number of nitrogens with zero attached hydrogens (tertiary/aromatic N) is 2. The van der Waals surface area contributed by atoms with Gasteiger partial charge in [0.1, 0.15) is 0 Å². The Labute approximate surface area is 167 Å². The summed E-state index contributed by atoms with van der Waals surface area (Å²) in [5, 5.41) is 0. The number of para-hydroxylation sites is 1. The van der Waals surface area contributed by atoms with Gasteiger partial charge in [0.15, 0.2) is 4.91 Å². The molecule has 0 aromatic heterocycles. The van der Waals surface area contributed by atoms with Crippen molar-refractivity contribution in [3.8, 4) is 0 Å². The fourth-order valence-electron chi connectivity index (χ4n) is 3.52. The monoisotopic (exact) mass is 446 g/mol. The number of fused-ring (bicyclic) bond motifs is 1. The Hall–Kier alpha value is -2.12. The zero-order valence-corrected chi connectivity index (χ0v) is 17.0. The topological polar surface area (TPSA) is 57.7 Å². The number of carbonyl (C=O) groups excluding carboxylic acids is 1. The Morgan fingerprint density at radius 2 is 1.70 bits per heavy atom. The van der Waals surface area contributed by atoms with Crippen LogP contribution in [-0.2, 0) is 14.6 Å². The molecule has 0 bridgehead atoms. The maximum absolute atomic E-state index is 13.2. The molecular weight excluding hydrogens is 428 g/mol. The number of anilines is 2. The largest absolute Gasteiger partial charge is 0.338 e. The molecule has 140 valence electrons. The molecule has 2 aromatic rings. The first kappa shape index (κ1) is 18.3. The van der Waals surface area contributed by atoms with Crippen LogP contribution in [0.3, 0.4) is 0 Å². The lowest BCUT2D eigenvalue weighted by Gasteiger charge is -2.32. The molecule has 0 N–H and O–H groups in total. The Bertz CT molecular complexity index is 1030. The second-order valence-electron chi connectivity index (χ2n) is 6.67. The van der Waals surface area contributed by atoms with Crippen LogP contribution in [0, 0.1) is 0 Å². The zero-order chi connectivity index (χ0) is 19.0. The van der Waals surface area contributed by atoms with Gasteiger partial charge in [-0.15, -0.1) is 0 Å². The van der Waals surface area contributed by atoms with Gasteiger partial charge in [0.05, 0.1) is 10.6 Å². The van der Waals surface area contributed by atoms with Crippen LogP contribution in [0.1, 0.15) is 19.3 Å². The number of rotatable bonds is 2. The molecule has 0 spiro atoms. The second kappa shape index (κ2) is 7.13. The molecule has 7 heteroatoms. The highest BCUT2D eigenvalue weighted by Gasteiger charge is 2.37. The highest BCUT2D eigenvalue weighted by Crippen LogP contribution is 2.40. The number of benzene rings is 2. The lowest BCUT2D eigenvalue weighted by Crippen LogP contribution is -2.39. The van der Waals surface area contributed by atoms with Crippen molar-refractivity contribution in [2.24, 2.45) is 0 Å². The molecule has 2 aliphatic rings. The molecule has 2 aromatic carbocycles. The fourth-order valence-corrected chi connectivity index (χ4v) is 5.45. The summed E-state index contributed by atoms with van der Waals surface area (Å²) in [4.78, 5) is 16.5. The van der Waals surface area contributed by atoms with Crippen LogP contribution in [0.5, 0.6) is 0 Å². The number of halogens is 1. The summed E-state index contributed by atoms with van der Waals surface area (Å²) in [5.74, 6) is -0.413. The van der Waals surface area contributed by atoms with E-state index in [-0.39, 0.29) is 9.80 Å². The van der Waals surface area contributed by atoms with Crippen LogP contribution in [0.4, 0.5) is 11.4 Å². The van der Waals surface area contributed by atoms with E-state index in [1.54, 1.807) is 34.1 Å². The van der Waals surface area contributed by atoms with E-state index in [9.17, 15) is 13.2 Å². The number of sulfone groups is 1. The molecule has 5 nitrogen and oxygen atoms in total. The Morgan fingerprint density at radius 1 is 0.963 bits per heavy atom. The Morgan fingerprint density at radius 3 is 2.44 bits per heavy atom. The number of likely N-dealkylation sites (tertiary alicyclic amines) is 1. The third-order valence-electron chi connectivity index (χ3n) is 4.89. The summed E-state index contributed by atoms with van der Waals surface area (Å²) in [6, 6.07) is 14.4. The minimum atomic E-state index is -3.87. The van der Waals surface area contributed by atoms with Crippen LogP contribution >= 0.6 is 15.9 Å². The zero-order valence-electron chi connectivity index (χ0n) is 14.6. The van der Waals surface area contributed by atoms with E-state index >= 15 is 0 Å². The Kier molecular flexibility index (Phi) is 4.82. The Balaban J connectivity index is 1.86. The second-order valence-corrected chi connectivity index (χ2v) is 9.47. The van der Waals surface area contributed by atoms with Crippen LogP contribution < -0.4 is 4.90 Å². The van der Waals surface area contributed by atoms with E-state index in [0.717, 1.165) is 29.4 Å². The van der Waals surface area contributed by atoms with Crippen molar-refractivity contribution >= 4 is 43.0 Å². The average Bonchev–Trinajstić information content (AvgIpc) is 2.68. The lowest BCUT2D eigenvalue weighted by molar-refractivity contribution is -0.127. The SMILES string of the molecule is O=C(C1=CN(c2cccc(Br)c2)c2ccccc2S1(=O)=O)N1CCCCC1. The number of piperidine rings is 1. The maximum atomic E-state index is 13.2. The summed E-state index contributed by atoms with van der Waals surface area (Å²) in [6.45, 7) is 1.20. The van der Waals surface area contributed by atoms with Crippen molar-refractivity contribution in [1.29, 1.82) is 0 Å². The molecule has 0 aliphatic carbocycles. The van der Waals surface area contributed by atoms with E-state index in [0.29, 0.717) is 18.8 Å². The van der Waals surface area contributed by atoms with Crippen LogP contribution in [0.2, 0.25) is 0 Å². The minimum Gasteiger partial charge on any atom is -0.338 e. The van der Waals surface area contributed by atoms with Crippen LogP contribution in [0.15, 0.2) is 69.0 Å². The number of hydrogen-bond donors (Lipinski definition) is 0. The van der Waals surface area contributed by atoms with Gasteiger partial charge in [-0.1, -0.05) is 34.1 Å². The molecule has 4 rings (SSSR count). The van der Waals surface area contributed by atoms with E-state index in [1.807, 2.05) is 24.3 Å². The van der Waals surface area contributed by atoms with Gasteiger partial charge in [-0.3, -0.25) is 4.79 Å². The van der Waals surface area contributed by atoms with Gasteiger partial charge in [-0.25, -0.2) is 8.42 Å². The third-order valence-corrected chi connectivity index (χ3v) is 7.17. The number of hydrogen-bond acceptors (Lipinski definition) is 4. The van der Waals surface area contributed by atoms with E-state index in [2.05, 4.69) is 15.9 Å². The summed E-state index contributed by atoms with van der Waals surface area (Å²) in [5.41, 5.74) is 1.33. The summed E-state index contributed by atoms with van der Waals surface area (Å²) >= 11 is 3.46. The van der Waals surface area contributed by atoms with Crippen molar-refractivity contribution in [2.45, 2.75) is 24.2 Å². The molecule has 1 saturated heterocycles. The first-order valence-electron chi connectivity index (χ1n) is 8.88. The van der Waals surface area contributed by atoms with Gasteiger partial charge in [0.2, 0.25) is 9.84 Å². The van der Waals surface area contributed by atoms with Crippen molar-refractivity contribution in [2.75, 3.05) is 18.0 Å². The van der Waals surface area contributed by atoms with E-state index in [1.165, 1.54) is 6.20 Å². The first-order chi connectivity index (χ1) is 13.0. The minimum absolute atomic E-state index is 0.160. The number of amides is 1. The van der Waals surface area contributed by atoms with Crippen molar-refractivity contribution in [1.82, 2.24) is 4.90 Å². The number of carbonyl (C=O) groups is 1. The van der Waals surface area contributed by atoms with Gasteiger partial charge in [-0.05, 0) is 49.6 Å². The summed E-state index contributed by atoms with van der Waals surface area (Å²) < 4.78 is 27.2. The molecule has 27 heavy (non-hydrogen) atoms. The van der Waals surface area contributed by atoms with Crippen molar-refractivity contribution in [3.05, 3.63) is 64.1 Å². The fraction of sp³-hybridized carbons (Fsp3) is 0.250. The molecule has 0 saturated carbocycles. The van der Waals surface area contributed by atoms with E-state index in [4.69, 9.17) is 0 Å². The third kappa shape index (κ3) is 3.30. The maximum Gasteiger partial charge on any atom is 0.267 e. The lowest BCUT2D eigenvalue weighted by atomic mass is 10.1. The van der Waals surface area contributed by atoms with Crippen LogP contribution in [-0.4, -0.2) is 32.3 Å². The quantitative estimate of drug-likeness (QED) is 0.692. The first-order valence-corrected chi connectivity index (χ1v) is 11.2. The smallest absolute Gasteiger partial charge is 0.267 e. The molecular formula is C20H19BrN2O3S. The van der Waals surface area contributed by atoms with Gasteiger partial charge in [-0.2, -0.15) is 0 Å². The van der Waals surface area contributed by atoms with Gasteiger partial charge in [0, 0.05) is 29.4 Å². The predicted molar refractivity (Wildman–Crippen MR) is 108 cm³/mol. The van der Waals surface area contributed by atoms with Gasteiger partial charge < -0.3 is 9.80 Å². The van der Waals surface area contributed by atoms with Gasteiger partial charge >= 0.3 is 0 Å². The predicted octanol–water partition coefficient (Wildman–Crippen LogP) is 4.23.